The van der Waals surface area contributed by atoms with Gasteiger partial charge in [0.1, 0.15) is 16.6 Å². The summed E-state index contributed by atoms with van der Waals surface area (Å²) in [7, 11) is 0. The number of hydrogen-bond donors (Lipinski definition) is 1. The molecule has 3 heterocycles. The van der Waals surface area contributed by atoms with Crippen LogP contribution < -0.4 is 10.2 Å². The lowest BCUT2D eigenvalue weighted by Gasteiger charge is -2.29. The van der Waals surface area contributed by atoms with Gasteiger partial charge in [0, 0.05) is 16.8 Å². The van der Waals surface area contributed by atoms with Gasteiger partial charge in [-0.3, -0.25) is 19.8 Å². The molecule has 0 bridgehead atoms. The van der Waals surface area contributed by atoms with Crippen molar-refractivity contribution in [2.45, 2.75) is 32.1 Å². The van der Waals surface area contributed by atoms with Gasteiger partial charge in [-0.1, -0.05) is 42.5 Å². The van der Waals surface area contributed by atoms with Crippen LogP contribution in [0.5, 0.6) is 0 Å². The number of carbonyl (C=O) groups excluding carboxylic acids is 2. The number of nitrogens with zero attached hydrogens (tertiary/aromatic N) is 3. The maximum absolute atomic E-state index is 13.6. The summed E-state index contributed by atoms with van der Waals surface area (Å²) >= 11 is 7.01. The smallest absolute Gasteiger partial charge is 0.270 e. The first-order valence-electron chi connectivity index (χ1n) is 12.8. The molecule has 2 aromatic carbocycles. The minimum Gasteiger partial charge on any atom is -0.308 e. The van der Waals surface area contributed by atoms with Crippen molar-refractivity contribution in [1.82, 2.24) is 9.88 Å². The van der Waals surface area contributed by atoms with Gasteiger partial charge in [0.25, 0.3) is 11.8 Å². The molecule has 39 heavy (non-hydrogen) atoms. The van der Waals surface area contributed by atoms with Gasteiger partial charge < -0.3 is 4.57 Å². The molecule has 8 heteroatoms. The molecule has 1 N–H and O–H groups in total. The highest BCUT2D eigenvalue weighted by molar-refractivity contribution is 7.80. The quantitative estimate of drug-likeness (QED) is 0.197. The number of aromatic nitrogens is 1. The summed E-state index contributed by atoms with van der Waals surface area (Å²) in [6.07, 6.45) is 8.30. The summed E-state index contributed by atoms with van der Waals surface area (Å²) in [4.78, 5) is 29.2. The van der Waals surface area contributed by atoms with E-state index in [2.05, 4.69) is 23.5 Å². The number of rotatable bonds is 5. The first kappa shape index (κ1) is 25.0. The van der Waals surface area contributed by atoms with E-state index in [4.69, 9.17) is 12.2 Å². The van der Waals surface area contributed by atoms with Crippen LogP contribution in [-0.4, -0.2) is 21.5 Å². The van der Waals surface area contributed by atoms with Crippen molar-refractivity contribution in [2.24, 2.45) is 0 Å². The average Bonchev–Trinajstić information content (AvgIpc) is 3.56. The summed E-state index contributed by atoms with van der Waals surface area (Å²) in [5.74, 6) is -1.03. The van der Waals surface area contributed by atoms with Crippen LogP contribution in [-0.2, 0) is 28.9 Å². The molecule has 6 nitrogen and oxygen atoms in total. The average molecular weight is 549 g/mol. The fourth-order valence-corrected chi connectivity index (χ4v) is 6.79. The summed E-state index contributed by atoms with van der Waals surface area (Å²) in [6.45, 7) is 0. The minimum atomic E-state index is -0.541. The van der Waals surface area contributed by atoms with Gasteiger partial charge in [-0.25, -0.2) is 0 Å². The number of hydrogen-bond acceptors (Lipinski definition) is 5. The van der Waals surface area contributed by atoms with Gasteiger partial charge in [-0.2, -0.15) is 5.26 Å². The zero-order valence-electron chi connectivity index (χ0n) is 21.0. The predicted octanol–water partition coefficient (Wildman–Crippen LogP) is 5.71. The third-order valence-corrected chi connectivity index (χ3v) is 8.68. The van der Waals surface area contributed by atoms with Crippen LogP contribution in [0.1, 0.15) is 45.7 Å². The zero-order chi connectivity index (χ0) is 26.9. The zero-order valence-corrected chi connectivity index (χ0v) is 22.6. The molecule has 4 aromatic rings. The topological polar surface area (TPSA) is 78.1 Å². The maximum Gasteiger partial charge on any atom is 0.270 e. The summed E-state index contributed by atoms with van der Waals surface area (Å²) in [5.41, 5.74) is 5.33. The molecular weight excluding hydrogens is 525 g/mol. The lowest BCUT2D eigenvalue weighted by atomic mass is 9.96. The van der Waals surface area contributed by atoms with Gasteiger partial charge in [0.2, 0.25) is 0 Å². The number of thiocarbonyl (C=S) groups is 1. The lowest BCUT2D eigenvalue weighted by molar-refractivity contribution is -0.122. The third-order valence-electron chi connectivity index (χ3n) is 7.10. The second-order valence-electron chi connectivity index (χ2n) is 9.59. The van der Waals surface area contributed by atoms with E-state index in [0.717, 1.165) is 48.2 Å². The first-order valence-corrected chi connectivity index (χ1v) is 14.0. The third kappa shape index (κ3) is 4.71. The Hall–Kier alpha value is -4.32. The highest BCUT2D eigenvalue weighted by Gasteiger charge is 2.35. The van der Waals surface area contributed by atoms with Gasteiger partial charge in [0.15, 0.2) is 5.11 Å². The van der Waals surface area contributed by atoms with E-state index in [0.29, 0.717) is 16.9 Å². The molecule has 2 aromatic heterocycles. The highest BCUT2D eigenvalue weighted by Crippen LogP contribution is 2.37. The largest absolute Gasteiger partial charge is 0.308 e. The number of nitrogens with one attached hydrogen (secondary N) is 1. The number of amides is 2. The molecule has 192 valence electrons. The molecule has 0 unspecified atom stereocenters. The highest BCUT2D eigenvalue weighted by atomic mass is 32.1. The number of benzene rings is 2. The molecule has 1 saturated heterocycles. The predicted molar refractivity (Wildman–Crippen MR) is 157 cm³/mol. The second kappa shape index (κ2) is 10.4. The van der Waals surface area contributed by atoms with Crippen LogP contribution in [0, 0.1) is 11.3 Å². The number of fused-ring (bicyclic) bond motifs is 1. The van der Waals surface area contributed by atoms with E-state index in [9.17, 15) is 14.9 Å². The Labute approximate surface area is 235 Å². The number of nitriles is 1. The molecule has 0 atom stereocenters. The Bertz CT molecular complexity index is 1670. The fourth-order valence-electron chi connectivity index (χ4n) is 5.17. The van der Waals surface area contributed by atoms with Gasteiger partial charge in [0.05, 0.1) is 11.3 Å². The molecule has 1 aliphatic carbocycles. The lowest BCUT2D eigenvalue weighted by Crippen LogP contribution is -2.54. The van der Waals surface area contributed by atoms with Crippen LogP contribution in [0.4, 0.5) is 5.69 Å². The Balaban J connectivity index is 1.31. The van der Waals surface area contributed by atoms with Gasteiger partial charge in [-0.15, -0.1) is 11.3 Å². The van der Waals surface area contributed by atoms with E-state index in [-0.39, 0.29) is 10.7 Å². The number of thiophene rings is 1. The Kier molecular flexibility index (Phi) is 6.69. The molecule has 1 fully saturated rings. The first-order chi connectivity index (χ1) is 19.0. The van der Waals surface area contributed by atoms with Crippen molar-refractivity contribution in [3.63, 3.8) is 0 Å². The van der Waals surface area contributed by atoms with Gasteiger partial charge >= 0.3 is 0 Å². The standard InChI is InChI=1S/C31H24N4O2S2/c32-19-26-24-10-4-5-11-27(24)39-30(26)34-16-6-9-23(34)18-25-28(36)33-31(38)35(29(25)37)22-14-12-21(13-15-22)17-20-7-2-1-3-8-20/h1-3,6-9,12-16,18H,4-5,10-11,17H2,(H,33,36,38)/b25-18+. The molecule has 0 radical (unpaired) electrons. The van der Waals surface area contributed by atoms with E-state index < -0.39 is 11.8 Å². The normalized spacial score (nSPS) is 16.2. The van der Waals surface area contributed by atoms with Crippen molar-refractivity contribution in [3.8, 4) is 11.1 Å². The van der Waals surface area contributed by atoms with Crippen molar-refractivity contribution in [3.05, 3.63) is 111 Å². The van der Waals surface area contributed by atoms with E-state index in [1.165, 1.54) is 15.3 Å². The van der Waals surface area contributed by atoms with Crippen molar-refractivity contribution in [1.29, 1.82) is 5.26 Å². The summed E-state index contributed by atoms with van der Waals surface area (Å²) in [6, 6.07) is 23.8. The van der Waals surface area contributed by atoms with E-state index in [1.54, 1.807) is 17.4 Å². The van der Waals surface area contributed by atoms with Crippen molar-refractivity contribution < 1.29 is 9.59 Å². The van der Waals surface area contributed by atoms with Crippen LogP contribution in [0.15, 0.2) is 78.5 Å². The second-order valence-corrected chi connectivity index (χ2v) is 11.1. The van der Waals surface area contributed by atoms with Crippen LogP contribution in [0.25, 0.3) is 11.1 Å². The molecule has 2 amide bonds. The van der Waals surface area contributed by atoms with E-state index >= 15 is 0 Å². The van der Waals surface area contributed by atoms with Crippen LogP contribution in [0.2, 0.25) is 0 Å². The van der Waals surface area contributed by atoms with Crippen molar-refractivity contribution >= 4 is 52.2 Å². The maximum atomic E-state index is 13.6. The van der Waals surface area contributed by atoms with Crippen molar-refractivity contribution in [2.75, 3.05) is 4.90 Å². The molecule has 2 aliphatic rings. The molecule has 1 aliphatic heterocycles. The SMILES string of the molecule is N#Cc1c(-n2cccc2/C=C2\C(=O)NC(=S)N(c3ccc(Cc4ccccc4)cc3)C2=O)sc2c1CCCC2. The fraction of sp³-hybridized carbons (Fsp3) is 0.161. The number of aryl methyl sites for hydroxylation is 1. The Morgan fingerprint density at radius 3 is 2.49 bits per heavy atom. The molecular formula is C31H24N4O2S2. The summed E-state index contributed by atoms with van der Waals surface area (Å²) < 4.78 is 1.89. The number of carbonyl (C=O) groups is 2. The number of anilines is 1. The van der Waals surface area contributed by atoms with E-state index in [1.807, 2.05) is 65.4 Å². The molecule has 0 saturated carbocycles. The van der Waals surface area contributed by atoms with Crippen LogP contribution >= 0.6 is 23.6 Å². The Morgan fingerprint density at radius 1 is 0.974 bits per heavy atom. The van der Waals surface area contributed by atoms with Crippen LogP contribution in [0.3, 0.4) is 0 Å². The Morgan fingerprint density at radius 2 is 1.72 bits per heavy atom. The summed E-state index contributed by atoms with van der Waals surface area (Å²) in [5, 5.41) is 13.5. The molecule has 0 spiro atoms. The minimum absolute atomic E-state index is 0.0169. The molecule has 6 rings (SSSR count). The monoisotopic (exact) mass is 548 g/mol. The van der Waals surface area contributed by atoms with Gasteiger partial charge in [-0.05, 0) is 91.4 Å².